The predicted molar refractivity (Wildman–Crippen MR) is 244 cm³/mol. The lowest BCUT2D eigenvalue weighted by Crippen LogP contribution is -2.37. The van der Waals surface area contributed by atoms with E-state index < -0.39 is 13.5 Å². The van der Waals surface area contributed by atoms with Crippen LogP contribution in [0.4, 0.5) is 0 Å². The van der Waals surface area contributed by atoms with Gasteiger partial charge in [0.1, 0.15) is 0 Å². The van der Waals surface area contributed by atoms with Crippen LogP contribution in [0, 0.1) is 0 Å². The molecular formula is C54H40N4Si. The minimum absolute atomic E-state index is 0.490. The van der Waals surface area contributed by atoms with Gasteiger partial charge in [0.25, 0.3) is 0 Å². The summed E-state index contributed by atoms with van der Waals surface area (Å²) in [4.78, 5) is 19.8. The Morgan fingerprint density at radius 2 is 0.763 bits per heavy atom. The second-order valence-electron chi connectivity index (χ2n) is 16.7. The van der Waals surface area contributed by atoms with Gasteiger partial charge in [0.2, 0.25) is 0 Å². The zero-order valence-electron chi connectivity index (χ0n) is 33.2. The standard InChI is InChI=1S/C54H40N4Si/c1-59(2,3)42-26-22-35(23-27-42)38-24-28-45-46-29-25-39(32-50(46)54(49(45)31-38)47-20-12-10-18-43(47)44-19-11-13-21-48(44)54)40-30-41(34-55-33-40)53-57-51(36-14-6-4-7-15-36)56-52(58-53)37-16-8-5-9-17-37/h4-34H,1-3H3. The van der Waals surface area contributed by atoms with Crippen molar-refractivity contribution < 1.29 is 0 Å². The molecule has 5 heteroatoms. The highest BCUT2D eigenvalue weighted by Gasteiger charge is 2.51. The summed E-state index contributed by atoms with van der Waals surface area (Å²) < 4.78 is 0. The molecule has 0 aliphatic heterocycles. The molecule has 0 radical (unpaired) electrons. The van der Waals surface area contributed by atoms with Crippen LogP contribution in [0.25, 0.3) is 78.7 Å². The van der Waals surface area contributed by atoms with E-state index in [-0.39, 0.29) is 0 Å². The molecule has 2 aliphatic carbocycles. The van der Waals surface area contributed by atoms with Gasteiger partial charge in [-0.15, -0.1) is 0 Å². The van der Waals surface area contributed by atoms with Crippen molar-refractivity contribution in [3.8, 4) is 78.7 Å². The maximum atomic E-state index is 5.02. The van der Waals surface area contributed by atoms with Crippen molar-refractivity contribution in [2.75, 3.05) is 0 Å². The fourth-order valence-electron chi connectivity index (χ4n) is 9.32. The lowest BCUT2D eigenvalue weighted by Gasteiger charge is -2.31. The first-order valence-corrected chi connectivity index (χ1v) is 23.8. The topological polar surface area (TPSA) is 51.6 Å². The van der Waals surface area contributed by atoms with Crippen molar-refractivity contribution in [2.24, 2.45) is 0 Å². The number of aromatic nitrogens is 4. The van der Waals surface area contributed by atoms with Crippen molar-refractivity contribution in [2.45, 2.75) is 25.1 Å². The van der Waals surface area contributed by atoms with Gasteiger partial charge < -0.3 is 0 Å². The maximum absolute atomic E-state index is 5.02. The molecule has 0 atom stereocenters. The third-order valence-electron chi connectivity index (χ3n) is 12.2. The fraction of sp³-hybridized carbons (Fsp3) is 0.0741. The molecule has 1 spiro atoms. The Morgan fingerprint density at radius 3 is 1.29 bits per heavy atom. The molecule has 0 saturated heterocycles. The number of fused-ring (bicyclic) bond motifs is 10. The molecule has 0 unspecified atom stereocenters. The molecule has 59 heavy (non-hydrogen) atoms. The first-order valence-electron chi connectivity index (χ1n) is 20.3. The van der Waals surface area contributed by atoms with Crippen LogP contribution in [-0.2, 0) is 5.41 Å². The van der Waals surface area contributed by atoms with Crippen LogP contribution in [0.15, 0.2) is 188 Å². The van der Waals surface area contributed by atoms with E-state index in [1.165, 1.54) is 60.8 Å². The summed E-state index contributed by atoms with van der Waals surface area (Å²) in [5.41, 5.74) is 17.2. The summed E-state index contributed by atoms with van der Waals surface area (Å²) in [7, 11) is -1.43. The van der Waals surface area contributed by atoms with Crippen LogP contribution in [0.1, 0.15) is 22.3 Å². The lowest BCUT2D eigenvalue weighted by atomic mass is 9.70. The Labute approximate surface area is 346 Å². The highest BCUT2D eigenvalue weighted by molar-refractivity contribution is 6.88. The molecule has 0 bridgehead atoms. The Bertz CT molecular complexity index is 2970. The highest BCUT2D eigenvalue weighted by atomic mass is 28.3. The molecule has 0 N–H and O–H groups in total. The summed E-state index contributed by atoms with van der Waals surface area (Å²) >= 11 is 0. The van der Waals surface area contributed by atoms with E-state index in [1.54, 1.807) is 0 Å². The van der Waals surface area contributed by atoms with E-state index in [9.17, 15) is 0 Å². The number of pyridine rings is 1. The van der Waals surface area contributed by atoms with E-state index in [4.69, 9.17) is 19.9 Å². The normalized spacial score (nSPS) is 13.1. The Hall–Kier alpha value is -7.08. The summed E-state index contributed by atoms with van der Waals surface area (Å²) in [5, 5.41) is 1.47. The van der Waals surface area contributed by atoms with Crippen LogP contribution in [0.3, 0.4) is 0 Å². The van der Waals surface area contributed by atoms with Crippen LogP contribution in [0.2, 0.25) is 19.6 Å². The van der Waals surface area contributed by atoms with Gasteiger partial charge in [0, 0.05) is 34.6 Å². The summed E-state index contributed by atoms with van der Waals surface area (Å²) in [6.07, 6.45) is 3.81. The van der Waals surface area contributed by atoms with Gasteiger partial charge in [0.05, 0.1) is 13.5 Å². The van der Waals surface area contributed by atoms with Gasteiger partial charge >= 0.3 is 0 Å². The van der Waals surface area contributed by atoms with Crippen molar-refractivity contribution in [3.63, 3.8) is 0 Å². The molecule has 0 fully saturated rings. The van der Waals surface area contributed by atoms with Crippen LogP contribution in [0.5, 0.6) is 0 Å². The Morgan fingerprint density at radius 1 is 0.339 bits per heavy atom. The number of hydrogen-bond donors (Lipinski definition) is 0. The van der Waals surface area contributed by atoms with Crippen LogP contribution in [-0.4, -0.2) is 28.0 Å². The molecule has 11 rings (SSSR count). The zero-order valence-corrected chi connectivity index (χ0v) is 34.2. The average molecular weight is 773 g/mol. The smallest absolute Gasteiger partial charge is 0.165 e. The molecule has 9 aromatic rings. The van der Waals surface area contributed by atoms with E-state index >= 15 is 0 Å². The van der Waals surface area contributed by atoms with Crippen molar-refractivity contribution in [1.29, 1.82) is 0 Å². The molecule has 2 aromatic heterocycles. The van der Waals surface area contributed by atoms with Gasteiger partial charge in [-0.05, 0) is 79.4 Å². The van der Waals surface area contributed by atoms with Crippen molar-refractivity contribution in [1.82, 2.24) is 19.9 Å². The molecular weight excluding hydrogens is 733 g/mol. The predicted octanol–water partition coefficient (Wildman–Crippen LogP) is 12.5. The number of rotatable bonds is 6. The Balaban J connectivity index is 1.08. The maximum Gasteiger partial charge on any atom is 0.165 e. The van der Waals surface area contributed by atoms with Crippen molar-refractivity contribution in [3.05, 3.63) is 211 Å². The molecule has 0 amide bonds. The minimum atomic E-state index is -1.43. The van der Waals surface area contributed by atoms with Gasteiger partial charge in [-0.25, -0.2) is 15.0 Å². The zero-order chi connectivity index (χ0) is 39.7. The third kappa shape index (κ3) is 5.64. The average Bonchev–Trinajstić information content (AvgIpc) is 3.76. The largest absolute Gasteiger partial charge is 0.263 e. The first kappa shape index (κ1) is 35.1. The molecule has 2 heterocycles. The highest BCUT2D eigenvalue weighted by Crippen LogP contribution is 2.63. The van der Waals surface area contributed by atoms with Gasteiger partial charge in [0.15, 0.2) is 17.5 Å². The quantitative estimate of drug-likeness (QED) is 0.158. The minimum Gasteiger partial charge on any atom is -0.263 e. The molecule has 0 saturated carbocycles. The SMILES string of the molecule is C[Si](C)(C)c1ccc(-c2ccc3c(c2)C2(c4ccccc4-c4ccccc42)c2cc(-c4cncc(-c5nc(-c6ccccc6)nc(-c6ccccc6)n5)c4)ccc2-3)cc1. The third-order valence-corrected chi connectivity index (χ3v) is 14.3. The van der Waals surface area contributed by atoms with Gasteiger partial charge in [-0.1, -0.05) is 183 Å². The van der Waals surface area contributed by atoms with E-state index in [0.717, 1.165) is 27.8 Å². The number of nitrogens with zero attached hydrogens (tertiary/aromatic N) is 4. The molecule has 2 aliphatic rings. The monoisotopic (exact) mass is 772 g/mol. The van der Waals surface area contributed by atoms with Crippen LogP contribution >= 0.6 is 0 Å². The number of hydrogen-bond acceptors (Lipinski definition) is 4. The summed E-state index contributed by atoms with van der Waals surface area (Å²) in [6, 6.07) is 63.8. The van der Waals surface area contributed by atoms with E-state index in [2.05, 4.69) is 135 Å². The lowest BCUT2D eigenvalue weighted by molar-refractivity contribution is 0.794. The van der Waals surface area contributed by atoms with Crippen molar-refractivity contribution >= 4 is 13.3 Å². The van der Waals surface area contributed by atoms with E-state index in [1.807, 2.05) is 73.1 Å². The van der Waals surface area contributed by atoms with Gasteiger partial charge in [-0.2, -0.15) is 0 Å². The summed E-state index contributed by atoms with van der Waals surface area (Å²) in [6.45, 7) is 7.22. The van der Waals surface area contributed by atoms with E-state index in [0.29, 0.717) is 17.5 Å². The first-order chi connectivity index (χ1) is 28.9. The number of benzene rings is 7. The van der Waals surface area contributed by atoms with Gasteiger partial charge in [-0.3, -0.25) is 4.98 Å². The second kappa shape index (κ2) is 13.5. The fourth-order valence-corrected chi connectivity index (χ4v) is 10.5. The molecule has 4 nitrogen and oxygen atoms in total. The molecule has 280 valence electrons. The second-order valence-corrected chi connectivity index (χ2v) is 21.8. The van der Waals surface area contributed by atoms with Crippen LogP contribution < -0.4 is 5.19 Å². The summed E-state index contributed by atoms with van der Waals surface area (Å²) in [5.74, 6) is 1.84. The Kier molecular flexibility index (Phi) is 8.04. The molecule has 7 aromatic carbocycles.